The molecule has 1 aliphatic carbocycles. The molecule has 2 aliphatic rings. The van der Waals surface area contributed by atoms with Gasteiger partial charge in [-0.15, -0.1) is 0 Å². The van der Waals surface area contributed by atoms with E-state index < -0.39 is 0 Å². The van der Waals surface area contributed by atoms with Gasteiger partial charge in [-0.1, -0.05) is 41.7 Å². The van der Waals surface area contributed by atoms with Crippen molar-refractivity contribution in [1.29, 1.82) is 0 Å². The van der Waals surface area contributed by atoms with Gasteiger partial charge in [-0.05, 0) is 57.3 Å². The molecule has 1 aromatic carbocycles. The molecule has 4 rings (SSSR count). The van der Waals surface area contributed by atoms with E-state index in [4.69, 9.17) is 20.9 Å². The predicted molar refractivity (Wildman–Crippen MR) is 119 cm³/mol. The molecule has 0 bridgehead atoms. The fraction of sp³-hybridized carbons (Fsp3) is 0.609. The Morgan fingerprint density at radius 2 is 2.03 bits per heavy atom. The zero-order valence-corrected chi connectivity index (χ0v) is 18.6. The minimum absolute atomic E-state index is 0.0803. The highest BCUT2D eigenvalue weighted by molar-refractivity contribution is 6.30. The van der Waals surface area contributed by atoms with Gasteiger partial charge in [-0.3, -0.25) is 9.69 Å². The lowest BCUT2D eigenvalue weighted by molar-refractivity contribution is -0.126. The summed E-state index contributed by atoms with van der Waals surface area (Å²) in [7, 11) is 0. The monoisotopic (exact) mass is 446 g/mol. The van der Waals surface area contributed by atoms with E-state index in [9.17, 15) is 4.79 Å². The van der Waals surface area contributed by atoms with Crippen molar-refractivity contribution in [3.8, 4) is 11.4 Å². The molecular formula is C23H31ClN4O3. The topological polar surface area (TPSA) is 80.5 Å². The Labute approximate surface area is 188 Å². The molecule has 1 N–H and O–H groups in total. The van der Waals surface area contributed by atoms with Gasteiger partial charge in [0.2, 0.25) is 17.6 Å². The first kappa shape index (κ1) is 22.2. The van der Waals surface area contributed by atoms with Crippen molar-refractivity contribution < 1.29 is 14.1 Å². The van der Waals surface area contributed by atoms with E-state index in [-0.39, 0.29) is 11.8 Å². The highest BCUT2D eigenvalue weighted by Gasteiger charge is 2.26. The number of hydrogen-bond acceptors (Lipinski definition) is 6. The van der Waals surface area contributed by atoms with Crippen LogP contribution in [0.25, 0.3) is 11.4 Å². The molecule has 2 heterocycles. The largest absolute Gasteiger partial charge is 0.378 e. The molecular weight excluding hydrogens is 416 g/mol. The van der Waals surface area contributed by atoms with E-state index in [0.717, 1.165) is 44.5 Å². The van der Waals surface area contributed by atoms with Crippen molar-refractivity contribution >= 4 is 17.5 Å². The normalized spacial score (nSPS) is 18.5. The maximum atomic E-state index is 12.4. The van der Waals surface area contributed by atoms with Crippen molar-refractivity contribution in [2.75, 3.05) is 26.2 Å². The zero-order chi connectivity index (χ0) is 21.5. The number of nitrogens with zero attached hydrogens (tertiary/aromatic N) is 3. The molecule has 1 aromatic heterocycles. The van der Waals surface area contributed by atoms with E-state index in [2.05, 4.69) is 20.4 Å². The van der Waals surface area contributed by atoms with Gasteiger partial charge in [0.15, 0.2) is 0 Å². The van der Waals surface area contributed by atoms with E-state index in [1.54, 1.807) is 0 Å². The Morgan fingerprint density at radius 1 is 1.23 bits per heavy atom. The third-order valence-corrected chi connectivity index (χ3v) is 6.38. The Hall–Kier alpha value is -1.96. The summed E-state index contributed by atoms with van der Waals surface area (Å²) in [5.41, 5.74) is 0.839. The molecule has 1 aliphatic heterocycles. The highest BCUT2D eigenvalue weighted by Crippen LogP contribution is 2.23. The number of aromatic nitrogens is 2. The first-order valence-corrected chi connectivity index (χ1v) is 11.8. The number of amides is 1. The van der Waals surface area contributed by atoms with Crippen LogP contribution < -0.4 is 5.32 Å². The number of piperidine rings is 1. The molecule has 168 valence electrons. The van der Waals surface area contributed by atoms with Gasteiger partial charge in [0.25, 0.3) is 0 Å². The lowest BCUT2D eigenvalue weighted by Gasteiger charge is -2.30. The Kier molecular flexibility index (Phi) is 7.94. The molecule has 8 heteroatoms. The second kappa shape index (κ2) is 11.1. The summed E-state index contributed by atoms with van der Waals surface area (Å²) in [6.45, 7) is 3.72. The number of benzene rings is 1. The Morgan fingerprint density at radius 3 is 2.81 bits per heavy atom. The minimum atomic E-state index is 0.0803. The van der Waals surface area contributed by atoms with Crippen molar-refractivity contribution in [2.45, 2.75) is 57.6 Å². The maximum Gasteiger partial charge on any atom is 0.241 e. The fourth-order valence-corrected chi connectivity index (χ4v) is 4.53. The quantitative estimate of drug-likeness (QED) is 0.585. The number of carbonyl (C=O) groups excluding carboxylic acids is 1. The number of halogens is 1. The Balaban J connectivity index is 1.14. The average molecular weight is 447 g/mol. The highest BCUT2D eigenvalue weighted by atomic mass is 35.5. The van der Waals surface area contributed by atoms with Crippen molar-refractivity contribution in [3.63, 3.8) is 0 Å². The first-order valence-electron chi connectivity index (χ1n) is 11.4. The van der Waals surface area contributed by atoms with E-state index in [1.165, 1.54) is 25.7 Å². The standard InChI is InChI=1S/C23H31ClN4O3/c24-19-6-3-5-18(15-19)22-26-21(31-27-22)16-28-12-9-17(10-13-28)23(29)25-11-4-14-30-20-7-1-2-8-20/h3,5-6,15,17,20H,1-2,4,7-14,16H2,(H,25,29). The molecule has 2 fully saturated rings. The molecule has 31 heavy (non-hydrogen) atoms. The smallest absolute Gasteiger partial charge is 0.241 e. The van der Waals surface area contributed by atoms with Crippen molar-refractivity contribution in [2.24, 2.45) is 5.92 Å². The molecule has 0 atom stereocenters. The van der Waals surface area contributed by atoms with E-state index in [0.29, 0.717) is 35.9 Å². The van der Waals surface area contributed by atoms with Gasteiger partial charge in [-0.25, -0.2) is 0 Å². The summed E-state index contributed by atoms with van der Waals surface area (Å²) >= 11 is 6.04. The summed E-state index contributed by atoms with van der Waals surface area (Å²) in [6, 6.07) is 7.41. The second-order valence-electron chi connectivity index (χ2n) is 8.49. The molecule has 0 spiro atoms. The minimum Gasteiger partial charge on any atom is -0.378 e. The Bertz CT molecular complexity index is 845. The number of carbonyl (C=O) groups is 1. The van der Waals surface area contributed by atoms with Crippen LogP contribution in [0.3, 0.4) is 0 Å². The summed E-state index contributed by atoms with van der Waals surface area (Å²) in [5, 5.41) is 7.79. The SMILES string of the molecule is O=C(NCCCOC1CCCC1)C1CCN(Cc2nc(-c3cccc(Cl)c3)no2)CC1. The number of hydrogen-bond donors (Lipinski definition) is 1. The summed E-state index contributed by atoms with van der Waals surface area (Å²) < 4.78 is 11.3. The third-order valence-electron chi connectivity index (χ3n) is 6.14. The van der Waals surface area contributed by atoms with Crippen LogP contribution in [0, 0.1) is 5.92 Å². The molecule has 7 nitrogen and oxygen atoms in total. The van der Waals surface area contributed by atoms with Crippen molar-refractivity contribution in [1.82, 2.24) is 20.4 Å². The van der Waals surface area contributed by atoms with Crippen LogP contribution in [0.5, 0.6) is 0 Å². The summed E-state index contributed by atoms with van der Waals surface area (Å²) in [4.78, 5) is 19.2. The van der Waals surface area contributed by atoms with Crippen molar-refractivity contribution in [3.05, 3.63) is 35.2 Å². The average Bonchev–Trinajstić information content (AvgIpc) is 3.46. The molecule has 1 saturated carbocycles. The molecule has 0 unspecified atom stereocenters. The second-order valence-corrected chi connectivity index (χ2v) is 8.93. The first-order chi connectivity index (χ1) is 15.2. The zero-order valence-electron chi connectivity index (χ0n) is 17.9. The van der Waals surface area contributed by atoms with Crippen LogP contribution in [0.4, 0.5) is 0 Å². The number of nitrogens with one attached hydrogen (secondary N) is 1. The molecule has 1 saturated heterocycles. The van der Waals surface area contributed by atoms with Crippen LogP contribution in [0.15, 0.2) is 28.8 Å². The van der Waals surface area contributed by atoms with Crippen LogP contribution in [0.1, 0.15) is 50.8 Å². The molecule has 2 aromatic rings. The fourth-order valence-electron chi connectivity index (χ4n) is 4.34. The molecule has 0 radical (unpaired) electrons. The van der Waals surface area contributed by atoms with E-state index >= 15 is 0 Å². The van der Waals surface area contributed by atoms with E-state index in [1.807, 2.05) is 24.3 Å². The third kappa shape index (κ3) is 6.51. The summed E-state index contributed by atoms with van der Waals surface area (Å²) in [5.74, 6) is 1.38. The number of likely N-dealkylation sites (tertiary alicyclic amines) is 1. The van der Waals surface area contributed by atoms with Crippen LogP contribution in [-0.4, -0.2) is 53.3 Å². The van der Waals surface area contributed by atoms with Crippen LogP contribution in [-0.2, 0) is 16.1 Å². The van der Waals surface area contributed by atoms with Gasteiger partial charge >= 0.3 is 0 Å². The van der Waals surface area contributed by atoms with Gasteiger partial charge in [0, 0.05) is 29.7 Å². The lowest BCUT2D eigenvalue weighted by Crippen LogP contribution is -2.40. The van der Waals surface area contributed by atoms with Crippen LogP contribution in [0.2, 0.25) is 5.02 Å². The van der Waals surface area contributed by atoms with Crippen LogP contribution >= 0.6 is 11.6 Å². The van der Waals surface area contributed by atoms with Gasteiger partial charge in [-0.2, -0.15) is 4.98 Å². The lowest BCUT2D eigenvalue weighted by atomic mass is 9.96. The number of ether oxygens (including phenoxy) is 1. The maximum absolute atomic E-state index is 12.4. The number of rotatable bonds is 9. The summed E-state index contributed by atoms with van der Waals surface area (Å²) in [6.07, 6.45) is 7.98. The predicted octanol–water partition coefficient (Wildman–Crippen LogP) is 4.07. The molecule has 1 amide bonds. The van der Waals surface area contributed by atoms with Gasteiger partial charge in [0.1, 0.15) is 0 Å². The van der Waals surface area contributed by atoms with Gasteiger partial charge < -0.3 is 14.6 Å². The van der Waals surface area contributed by atoms with Gasteiger partial charge in [0.05, 0.1) is 12.6 Å².